The van der Waals surface area contributed by atoms with Gasteiger partial charge in [-0.05, 0) is 43.3 Å². The normalized spacial score (nSPS) is 13.9. The monoisotopic (exact) mass is 420 g/mol. The molecule has 29 heavy (non-hydrogen) atoms. The average Bonchev–Trinajstić information content (AvgIpc) is 2.94. The molecule has 0 atom stereocenters. The Bertz CT molecular complexity index is 1250. The lowest BCUT2D eigenvalue weighted by Crippen LogP contribution is -2.25. The van der Waals surface area contributed by atoms with Gasteiger partial charge >= 0.3 is 6.18 Å². The van der Waals surface area contributed by atoms with Crippen molar-refractivity contribution in [2.75, 3.05) is 16.2 Å². The van der Waals surface area contributed by atoms with E-state index in [-0.39, 0.29) is 16.5 Å². The molecule has 1 aliphatic rings. The van der Waals surface area contributed by atoms with E-state index in [2.05, 4.69) is 4.72 Å². The summed E-state index contributed by atoms with van der Waals surface area (Å²) in [6.45, 7) is 2.24. The van der Waals surface area contributed by atoms with Gasteiger partial charge in [-0.3, -0.25) is 9.52 Å². The number of carbonyl (C=O) groups is 1. The number of nitrogens with zero attached hydrogens (tertiary/aromatic N) is 1. The summed E-state index contributed by atoms with van der Waals surface area (Å²) in [7, 11) is -4.20. The number of halogens is 3. The van der Waals surface area contributed by atoms with Crippen molar-refractivity contribution < 1.29 is 26.4 Å². The highest BCUT2D eigenvalue weighted by molar-refractivity contribution is 7.93. The first-order valence-corrected chi connectivity index (χ1v) is 10.2. The molecule has 0 radical (unpaired) electrons. The van der Waals surface area contributed by atoms with Gasteiger partial charge in [-0.25, -0.2) is 8.42 Å². The molecule has 0 saturated heterocycles. The number of carbonyl (C=O) groups excluding carboxylic acids is 1. The Morgan fingerprint density at radius 2 is 1.76 bits per heavy atom. The lowest BCUT2D eigenvalue weighted by molar-refractivity contribution is -0.137. The molecule has 3 aromatic carbocycles. The van der Waals surface area contributed by atoms with Crippen molar-refractivity contribution in [3.05, 3.63) is 65.7 Å². The van der Waals surface area contributed by atoms with E-state index in [9.17, 15) is 26.4 Å². The number of nitrogens with one attached hydrogen (secondary N) is 1. The number of hydrogen-bond acceptors (Lipinski definition) is 3. The van der Waals surface area contributed by atoms with Gasteiger partial charge in [0.25, 0.3) is 15.9 Å². The van der Waals surface area contributed by atoms with Crippen LogP contribution in [-0.2, 0) is 16.2 Å². The van der Waals surface area contributed by atoms with Gasteiger partial charge in [0.1, 0.15) is 0 Å². The summed E-state index contributed by atoms with van der Waals surface area (Å²) in [5.41, 5.74) is -0.145. The number of benzene rings is 3. The van der Waals surface area contributed by atoms with Crippen molar-refractivity contribution in [1.29, 1.82) is 0 Å². The first-order chi connectivity index (χ1) is 13.6. The van der Waals surface area contributed by atoms with Crippen LogP contribution in [0.25, 0.3) is 10.8 Å². The SMILES string of the molecule is CCN1C(=O)c2cccc3c(S(=O)(=O)Nc4cccc(C(F)(F)F)c4)ccc1c23. The van der Waals surface area contributed by atoms with Gasteiger partial charge in [0.15, 0.2) is 0 Å². The van der Waals surface area contributed by atoms with Crippen LogP contribution in [0.2, 0.25) is 0 Å². The van der Waals surface area contributed by atoms with Crippen LogP contribution < -0.4 is 9.62 Å². The molecule has 150 valence electrons. The van der Waals surface area contributed by atoms with Gasteiger partial charge in [0, 0.05) is 28.6 Å². The smallest absolute Gasteiger partial charge is 0.308 e. The fourth-order valence-electron chi connectivity index (χ4n) is 3.54. The highest BCUT2D eigenvalue weighted by atomic mass is 32.2. The zero-order valence-corrected chi connectivity index (χ0v) is 15.9. The van der Waals surface area contributed by atoms with Crippen LogP contribution in [0, 0.1) is 0 Å². The number of hydrogen-bond donors (Lipinski definition) is 1. The fraction of sp³-hybridized carbons (Fsp3) is 0.150. The molecule has 0 bridgehead atoms. The summed E-state index contributed by atoms with van der Waals surface area (Å²) < 4.78 is 66.9. The predicted molar refractivity (Wildman–Crippen MR) is 104 cm³/mol. The van der Waals surface area contributed by atoms with Crippen molar-refractivity contribution in [2.24, 2.45) is 0 Å². The predicted octanol–water partition coefficient (Wildman–Crippen LogP) is 4.64. The molecule has 0 aromatic heterocycles. The second-order valence-electron chi connectivity index (χ2n) is 6.54. The van der Waals surface area contributed by atoms with E-state index < -0.39 is 21.8 Å². The Hall–Kier alpha value is -3.07. The lowest BCUT2D eigenvalue weighted by Gasteiger charge is -2.16. The van der Waals surface area contributed by atoms with E-state index in [0.717, 1.165) is 18.2 Å². The topological polar surface area (TPSA) is 66.5 Å². The van der Waals surface area contributed by atoms with Crippen molar-refractivity contribution in [1.82, 2.24) is 0 Å². The van der Waals surface area contributed by atoms with Crippen LogP contribution in [-0.4, -0.2) is 20.9 Å². The van der Waals surface area contributed by atoms with Crippen molar-refractivity contribution in [2.45, 2.75) is 18.0 Å². The molecule has 5 nitrogen and oxygen atoms in total. The summed E-state index contributed by atoms with van der Waals surface area (Å²) in [5, 5.41) is 0.857. The molecule has 1 heterocycles. The minimum atomic E-state index is -4.59. The Morgan fingerprint density at radius 3 is 2.45 bits per heavy atom. The number of amides is 1. The van der Waals surface area contributed by atoms with Crippen LogP contribution in [0.3, 0.4) is 0 Å². The minimum absolute atomic E-state index is 0.110. The molecule has 0 unspecified atom stereocenters. The van der Waals surface area contributed by atoms with Crippen LogP contribution >= 0.6 is 0 Å². The summed E-state index contributed by atoms with van der Waals surface area (Å²) >= 11 is 0. The first kappa shape index (κ1) is 19.3. The largest absolute Gasteiger partial charge is 0.416 e. The quantitative estimate of drug-likeness (QED) is 0.669. The third-order valence-electron chi connectivity index (χ3n) is 4.79. The Balaban J connectivity index is 1.82. The van der Waals surface area contributed by atoms with E-state index in [1.807, 2.05) is 6.92 Å². The zero-order chi connectivity index (χ0) is 21.0. The molecule has 1 aliphatic heterocycles. The van der Waals surface area contributed by atoms with Gasteiger partial charge in [-0.1, -0.05) is 18.2 Å². The molecular formula is C20H15F3N2O3S. The number of rotatable bonds is 4. The number of anilines is 2. The summed E-state index contributed by atoms with van der Waals surface area (Å²) in [6.07, 6.45) is -4.59. The van der Waals surface area contributed by atoms with Gasteiger partial charge in [0.2, 0.25) is 0 Å². The van der Waals surface area contributed by atoms with Crippen LogP contribution in [0.5, 0.6) is 0 Å². The van der Waals surface area contributed by atoms with Crippen LogP contribution in [0.4, 0.5) is 24.5 Å². The standard InChI is InChI=1S/C20H15F3N2O3S/c1-2-25-16-9-10-17(14-7-4-8-15(18(14)16)19(25)26)29(27,28)24-13-6-3-5-12(11-13)20(21,22)23/h3-11,24H,2H2,1H3. The highest BCUT2D eigenvalue weighted by Gasteiger charge is 2.32. The summed E-state index contributed by atoms with van der Waals surface area (Å²) in [5.74, 6) is -0.214. The molecule has 1 amide bonds. The first-order valence-electron chi connectivity index (χ1n) is 8.71. The molecule has 0 aliphatic carbocycles. The summed E-state index contributed by atoms with van der Waals surface area (Å²) in [6, 6.07) is 11.7. The average molecular weight is 420 g/mol. The fourth-order valence-corrected chi connectivity index (χ4v) is 4.79. The third kappa shape index (κ3) is 3.11. The van der Waals surface area contributed by atoms with Gasteiger partial charge in [-0.2, -0.15) is 13.2 Å². The molecule has 4 rings (SSSR count). The summed E-state index contributed by atoms with van der Waals surface area (Å²) in [4.78, 5) is 14.0. The van der Waals surface area contributed by atoms with Crippen molar-refractivity contribution in [3.63, 3.8) is 0 Å². The zero-order valence-electron chi connectivity index (χ0n) is 15.1. The molecule has 0 spiro atoms. The molecule has 3 aromatic rings. The van der Waals surface area contributed by atoms with E-state index in [4.69, 9.17) is 0 Å². The van der Waals surface area contributed by atoms with E-state index in [1.165, 1.54) is 12.1 Å². The van der Waals surface area contributed by atoms with Crippen molar-refractivity contribution >= 4 is 38.1 Å². The van der Waals surface area contributed by atoms with Crippen LogP contribution in [0.1, 0.15) is 22.8 Å². The number of sulfonamides is 1. The van der Waals surface area contributed by atoms with E-state index in [1.54, 1.807) is 29.2 Å². The Kier molecular flexibility index (Phi) is 4.30. The second kappa shape index (κ2) is 6.48. The van der Waals surface area contributed by atoms with Crippen LogP contribution in [0.15, 0.2) is 59.5 Å². The highest BCUT2D eigenvalue weighted by Crippen LogP contribution is 2.40. The van der Waals surface area contributed by atoms with Crippen molar-refractivity contribution in [3.8, 4) is 0 Å². The third-order valence-corrected chi connectivity index (χ3v) is 6.23. The van der Waals surface area contributed by atoms with Gasteiger partial charge in [-0.15, -0.1) is 0 Å². The maximum Gasteiger partial charge on any atom is 0.416 e. The molecular weight excluding hydrogens is 405 g/mol. The minimum Gasteiger partial charge on any atom is -0.308 e. The maximum atomic E-state index is 13.0. The van der Waals surface area contributed by atoms with E-state index in [0.29, 0.717) is 28.6 Å². The molecule has 0 saturated carbocycles. The van der Waals surface area contributed by atoms with Gasteiger partial charge < -0.3 is 4.90 Å². The maximum absolute atomic E-state index is 13.0. The Labute approximate surface area is 164 Å². The molecule has 1 N–H and O–H groups in total. The molecule has 0 fully saturated rings. The lowest BCUT2D eigenvalue weighted by atomic mass is 10.1. The Morgan fingerprint density at radius 1 is 1.03 bits per heavy atom. The second-order valence-corrected chi connectivity index (χ2v) is 8.20. The molecule has 9 heteroatoms. The number of alkyl halides is 3. The van der Waals surface area contributed by atoms with E-state index >= 15 is 0 Å². The van der Waals surface area contributed by atoms with Gasteiger partial charge in [0.05, 0.1) is 16.1 Å².